The van der Waals surface area contributed by atoms with Crippen LogP contribution in [0.2, 0.25) is 0 Å². The average molecular weight is 404 g/mol. The smallest absolute Gasteiger partial charge is 0.274 e. The Balaban J connectivity index is 1.43. The van der Waals surface area contributed by atoms with Gasteiger partial charge < -0.3 is 14.4 Å². The molecule has 0 fully saturated rings. The summed E-state index contributed by atoms with van der Waals surface area (Å²) in [6, 6.07) is 15.6. The minimum absolute atomic E-state index is 0.121. The van der Waals surface area contributed by atoms with Crippen LogP contribution in [0.4, 0.5) is 4.39 Å². The Hall–Kier alpha value is -3.74. The standard InChI is InChI=1S/C23H21FN4O2/c1-15-5-6-17(12-16(15)2)13-25-21(29)14-28-11-3-4-20(28)23-26-22(27-30-23)18-7-9-19(24)10-8-18/h3-12H,13-14H2,1-2H3,(H,25,29). The number of halogens is 1. The van der Waals surface area contributed by atoms with Gasteiger partial charge in [-0.05, 0) is 66.9 Å². The third-order valence-electron chi connectivity index (χ3n) is 4.95. The highest BCUT2D eigenvalue weighted by Gasteiger charge is 2.15. The number of carbonyl (C=O) groups is 1. The molecule has 0 aliphatic rings. The van der Waals surface area contributed by atoms with Crippen molar-refractivity contribution in [2.45, 2.75) is 26.9 Å². The van der Waals surface area contributed by atoms with E-state index in [1.54, 1.807) is 29.0 Å². The Morgan fingerprint density at radius 3 is 2.67 bits per heavy atom. The van der Waals surface area contributed by atoms with Crippen molar-refractivity contribution in [3.8, 4) is 23.0 Å². The van der Waals surface area contributed by atoms with E-state index in [1.807, 2.05) is 12.1 Å². The van der Waals surface area contributed by atoms with Gasteiger partial charge in [-0.1, -0.05) is 23.4 Å². The summed E-state index contributed by atoms with van der Waals surface area (Å²) in [6.45, 7) is 4.70. The SMILES string of the molecule is Cc1ccc(CNC(=O)Cn2cccc2-c2nc(-c3ccc(F)cc3)no2)cc1C. The third-order valence-corrected chi connectivity index (χ3v) is 4.95. The highest BCUT2D eigenvalue weighted by atomic mass is 19.1. The van der Waals surface area contributed by atoms with E-state index in [1.165, 1.54) is 23.3 Å². The van der Waals surface area contributed by atoms with Crippen molar-refractivity contribution in [2.75, 3.05) is 0 Å². The molecule has 0 radical (unpaired) electrons. The zero-order chi connectivity index (χ0) is 21.1. The van der Waals surface area contributed by atoms with Gasteiger partial charge in [-0.2, -0.15) is 4.98 Å². The van der Waals surface area contributed by atoms with Gasteiger partial charge >= 0.3 is 0 Å². The largest absolute Gasteiger partial charge is 0.350 e. The number of amides is 1. The van der Waals surface area contributed by atoms with Crippen LogP contribution in [-0.4, -0.2) is 20.6 Å². The highest BCUT2D eigenvalue weighted by Crippen LogP contribution is 2.23. The molecular formula is C23H21FN4O2. The summed E-state index contributed by atoms with van der Waals surface area (Å²) >= 11 is 0. The molecule has 2 aromatic carbocycles. The minimum atomic E-state index is -0.330. The molecule has 0 bridgehead atoms. The van der Waals surface area contributed by atoms with Gasteiger partial charge in [0.15, 0.2) is 0 Å². The van der Waals surface area contributed by atoms with Crippen LogP contribution in [0.5, 0.6) is 0 Å². The van der Waals surface area contributed by atoms with E-state index in [4.69, 9.17) is 4.52 Å². The second-order valence-electron chi connectivity index (χ2n) is 7.15. The molecule has 0 saturated heterocycles. The molecule has 0 saturated carbocycles. The van der Waals surface area contributed by atoms with Gasteiger partial charge in [0, 0.05) is 18.3 Å². The summed E-state index contributed by atoms with van der Waals surface area (Å²) in [5.74, 6) is 0.199. The first-order valence-electron chi connectivity index (χ1n) is 9.57. The van der Waals surface area contributed by atoms with Crippen LogP contribution in [0, 0.1) is 19.7 Å². The van der Waals surface area contributed by atoms with E-state index < -0.39 is 0 Å². The van der Waals surface area contributed by atoms with Gasteiger partial charge in [-0.15, -0.1) is 0 Å². The maximum atomic E-state index is 13.1. The number of nitrogens with one attached hydrogen (secondary N) is 1. The van der Waals surface area contributed by atoms with Crippen LogP contribution < -0.4 is 5.32 Å². The third kappa shape index (κ3) is 4.30. The molecule has 2 aromatic heterocycles. The number of aromatic nitrogens is 3. The first-order valence-corrected chi connectivity index (χ1v) is 9.57. The van der Waals surface area contributed by atoms with Crippen molar-refractivity contribution in [1.82, 2.24) is 20.0 Å². The van der Waals surface area contributed by atoms with E-state index in [-0.39, 0.29) is 18.3 Å². The summed E-state index contributed by atoms with van der Waals surface area (Å²) in [5, 5.41) is 6.90. The molecule has 30 heavy (non-hydrogen) atoms. The molecule has 4 aromatic rings. The van der Waals surface area contributed by atoms with E-state index >= 15 is 0 Å². The van der Waals surface area contributed by atoms with Crippen molar-refractivity contribution < 1.29 is 13.7 Å². The monoisotopic (exact) mass is 404 g/mol. The van der Waals surface area contributed by atoms with Gasteiger partial charge in [0.25, 0.3) is 5.89 Å². The number of carbonyl (C=O) groups excluding carboxylic acids is 1. The Morgan fingerprint density at radius 1 is 1.10 bits per heavy atom. The molecule has 0 spiro atoms. The molecule has 1 amide bonds. The van der Waals surface area contributed by atoms with E-state index in [2.05, 4.69) is 41.4 Å². The molecule has 0 aliphatic carbocycles. The van der Waals surface area contributed by atoms with Crippen LogP contribution in [0.15, 0.2) is 65.3 Å². The molecule has 152 valence electrons. The zero-order valence-electron chi connectivity index (χ0n) is 16.7. The molecule has 1 N–H and O–H groups in total. The van der Waals surface area contributed by atoms with Gasteiger partial charge in [-0.3, -0.25) is 4.79 Å². The fourth-order valence-electron chi connectivity index (χ4n) is 3.11. The Morgan fingerprint density at radius 2 is 1.90 bits per heavy atom. The summed E-state index contributed by atoms with van der Waals surface area (Å²) in [7, 11) is 0. The second-order valence-corrected chi connectivity index (χ2v) is 7.15. The van der Waals surface area contributed by atoms with Crippen LogP contribution in [0.3, 0.4) is 0 Å². The summed E-state index contributed by atoms with van der Waals surface area (Å²) in [6.07, 6.45) is 1.78. The number of aryl methyl sites for hydroxylation is 2. The van der Waals surface area contributed by atoms with Crippen molar-refractivity contribution in [3.63, 3.8) is 0 Å². The molecule has 2 heterocycles. The lowest BCUT2D eigenvalue weighted by Crippen LogP contribution is -2.27. The predicted octanol–water partition coefficient (Wildman–Crippen LogP) is 4.28. The van der Waals surface area contributed by atoms with E-state index in [0.29, 0.717) is 29.5 Å². The summed E-state index contributed by atoms with van der Waals surface area (Å²) in [5.41, 5.74) is 4.76. The molecule has 0 atom stereocenters. The van der Waals surface area contributed by atoms with Gasteiger partial charge in [-0.25, -0.2) is 4.39 Å². The lowest BCUT2D eigenvalue weighted by molar-refractivity contribution is -0.121. The summed E-state index contributed by atoms with van der Waals surface area (Å²) in [4.78, 5) is 16.8. The molecule has 0 unspecified atom stereocenters. The minimum Gasteiger partial charge on any atom is -0.350 e. The number of benzene rings is 2. The normalized spacial score (nSPS) is 10.9. The van der Waals surface area contributed by atoms with Gasteiger partial charge in [0.1, 0.15) is 18.1 Å². The van der Waals surface area contributed by atoms with Gasteiger partial charge in [0.2, 0.25) is 11.7 Å². The fourth-order valence-corrected chi connectivity index (χ4v) is 3.11. The summed E-state index contributed by atoms with van der Waals surface area (Å²) < 4.78 is 20.2. The Kier molecular flexibility index (Phi) is 5.43. The van der Waals surface area contributed by atoms with E-state index in [9.17, 15) is 9.18 Å². The molecule has 7 heteroatoms. The molecule has 6 nitrogen and oxygen atoms in total. The quantitative estimate of drug-likeness (QED) is 0.521. The van der Waals surface area contributed by atoms with Crippen molar-refractivity contribution >= 4 is 5.91 Å². The fraction of sp³-hybridized carbons (Fsp3) is 0.174. The van der Waals surface area contributed by atoms with Crippen molar-refractivity contribution in [1.29, 1.82) is 0 Å². The maximum absolute atomic E-state index is 13.1. The molecule has 4 rings (SSSR count). The second kappa shape index (κ2) is 8.32. The Labute approximate surface area is 173 Å². The molecular weight excluding hydrogens is 383 g/mol. The van der Waals surface area contributed by atoms with Crippen molar-refractivity contribution in [3.05, 3.63) is 83.3 Å². The van der Waals surface area contributed by atoms with E-state index in [0.717, 1.165) is 5.56 Å². The first kappa shape index (κ1) is 19.6. The van der Waals surface area contributed by atoms with Crippen LogP contribution >= 0.6 is 0 Å². The lowest BCUT2D eigenvalue weighted by Gasteiger charge is -2.09. The zero-order valence-corrected chi connectivity index (χ0v) is 16.7. The number of hydrogen-bond acceptors (Lipinski definition) is 4. The highest BCUT2D eigenvalue weighted by molar-refractivity contribution is 5.76. The van der Waals surface area contributed by atoms with Crippen LogP contribution in [0.25, 0.3) is 23.0 Å². The van der Waals surface area contributed by atoms with Crippen LogP contribution in [-0.2, 0) is 17.9 Å². The van der Waals surface area contributed by atoms with Crippen LogP contribution in [0.1, 0.15) is 16.7 Å². The Bertz CT molecular complexity index is 1180. The lowest BCUT2D eigenvalue weighted by atomic mass is 10.1. The number of rotatable bonds is 6. The first-order chi connectivity index (χ1) is 14.5. The average Bonchev–Trinajstić information content (AvgIpc) is 3.39. The van der Waals surface area contributed by atoms with Gasteiger partial charge in [0.05, 0.1) is 0 Å². The molecule has 0 aliphatic heterocycles. The predicted molar refractivity (Wildman–Crippen MR) is 111 cm³/mol. The number of nitrogens with zero attached hydrogens (tertiary/aromatic N) is 3. The number of hydrogen-bond donors (Lipinski definition) is 1. The maximum Gasteiger partial charge on any atom is 0.274 e. The van der Waals surface area contributed by atoms with Crippen molar-refractivity contribution in [2.24, 2.45) is 0 Å². The topological polar surface area (TPSA) is 73.0 Å².